The molecular weight excluding hydrogens is 423 g/mol. The summed E-state index contributed by atoms with van der Waals surface area (Å²) in [6.45, 7) is 15.0. The van der Waals surface area contributed by atoms with Crippen LogP contribution in [0.25, 0.3) is 0 Å². The summed E-state index contributed by atoms with van der Waals surface area (Å²) in [5.41, 5.74) is 0.648. The van der Waals surface area contributed by atoms with Gasteiger partial charge in [0.05, 0.1) is 0 Å². The Morgan fingerprint density at radius 1 is 1.20 bits per heavy atom. The van der Waals surface area contributed by atoms with Gasteiger partial charge in [-0.15, -0.1) is 24.0 Å². The van der Waals surface area contributed by atoms with Crippen LogP contribution in [0.4, 0.5) is 0 Å². The van der Waals surface area contributed by atoms with E-state index in [9.17, 15) is 0 Å². The molecule has 1 saturated carbocycles. The van der Waals surface area contributed by atoms with Crippen molar-refractivity contribution < 1.29 is 0 Å². The van der Waals surface area contributed by atoms with Gasteiger partial charge in [0.2, 0.25) is 0 Å². The predicted octanol–water partition coefficient (Wildman–Crippen LogP) is 3.81. The van der Waals surface area contributed by atoms with Gasteiger partial charge in [-0.3, -0.25) is 4.99 Å². The van der Waals surface area contributed by atoms with E-state index in [1.165, 1.54) is 77.2 Å². The standard InChI is InChI=1S/C20H38N4.HI/c1-4-21-19(24-12-10-20(16-24)8-6-9-20)22-13-18-7-5-11-23(15-18)14-17(2)3;/h17-18H,4-16H2,1-3H3,(H,21,22);1H. The largest absolute Gasteiger partial charge is 0.357 e. The monoisotopic (exact) mass is 462 g/mol. The molecule has 0 aromatic heterocycles. The van der Waals surface area contributed by atoms with E-state index in [0.29, 0.717) is 5.41 Å². The first kappa shape index (κ1) is 21.3. The Hall–Kier alpha value is -0.0400. The topological polar surface area (TPSA) is 30.9 Å². The van der Waals surface area contributed by atoms with Crippen molar-refractivity contribution in [2.75, 3.05) is 45.8 Å². The van der Waals surface area contributed by atoms with E-state index in [-0.39, 0.29) is 24.0 Å². The van der Waals surface area contributed by atoms with E-state index in [2.05, 4.69) is 35.9 Å². The lowest BCUT2D eigenvalue weighted by Gasteiger charge is -2.38. The Morgan fingerprint density at radius 3 is 2.60 bits per heavy atom. The molecule has 5 heteroatoms. The number of likely N-dealkylation sites (tertiary alicyclic amines) is 2. The molecule has 4 nitrogen and oxygen atoms in total. The molecule has 2 aliphatic heterocycles. The summed E-state index contributed by atoms with van der Waals surface area (Å²) in [4.78, 5) is 10.3. The zero-order chi connectivity index (χ0) is 17.0. The van der Waals surface area contributed by atoms with Gasteiger partial charge in [-0.05, 0) is 62.8 Å². The molecule has 0 radical (unpaired) electrons. The molecule has 3 fully saturated rings. The highest BCUT2D eigenvalue weighted by atomic mass is 127. The third-order valence-corrected chi connectivity index (χ3v) is 6.21. The minimum absolute atomic E-state index is 0. The van der Waals surface area contributed by atoms with Crippen molar-refractivity contribution in [1.82, 2.24) is 15.1 Å². The molecule has 0 bridgehead atoms. The lowest BCUT2D eigenvalue weighted by atomic mass is 9.68. The number of hydrogen-bond donors (Lipinski definition) is 1. The summed E-state index contributed by atoms with van der Waals surface area (Å²) in [5, 5.41) is 3.56. The fourth-order valence-corrected chi connectivity index (χ4v) is 4.82. The molecule has 146 valence electrons. The van der Waals surface area contributed by atoms with Gasteiger partial charge < -0.3 is 15.1 Å². The molecule has 25 heavy (non-hydrogen) atoms. The molecule has 1 spiro atoms. The number of guanidine groups is 1. The number of rotatable bonds is 5. The highest BCUT2D eigenvalue weighted by Gasteiger charge is 2.43. The fourth-order valence-electron chi connectivity index (χ4n) is 4.82. The summed E-state index contributed by atoms with van der Waals surface area (Å²) in [6.07, 6.45) is 8.39. The predicted molar refractivity (Wildman–Crippen MR) is 118 cm³/mol. The van der Waals surface area contributed by atoms with Gasteiger partial charge in [0.1, 0.15) is 0 Å². The van der Waals surface area contributed by atoms with Gasteiger partial charge in [0.25, 0.3) is 0 Å². The maximum atomic E-state index is 5.06. The molecule has 0 aromatic carbocycles. The molecule has 1 atom stereocenters. The van der Waals surface area contributed by atoms with Crippen molar-refractivity contribution in [2.45, 2.75) is 59.3 Å². The lowest BCUT2D eigenvalue weighted by molar-refractivity contribution is 0.151. The van der Waals surface area contributed by atoms with Crippen LogP contribution < -0.4 is 5.32 Å². The van der Waals surface area contributed by atoms with Crippen molar-refractivity contribution in [3.8, 4) is 0 Å². The molecule has 2 saturated heterocycles. The Labute approximate surface area is 172 Å². The van der Waals surface area contributed by atoms with E-state index in [1.54, 1.807) is 0 Å². The SMILES string of the molecule is CCNC(=NCC1CCCN(CC(C)C)C1)N1CCC2(CCC2)C1.I. The minimum atomic E-state index is 0. The molecule has 2 heterocycles. The van der Waals surface area contributed by atoms with E-state index in [1.807, 2.05) is 0 Å². The van der Waals surface area contributed by atoms with Crippen LogP contribution in [-0.2, 0) is 0 Å². The van der Waals surface area contributed by atoms with Gasteiger partial charge in [0.15, 0.2) is 5.96 Å². The van der Waals surface area contributed by atoms with E-state index in [0.717, 1.165) is 24.9 Å². The maximum absolute atomic E-state index is 5.06. The Bertz CT molecular complexity index is 433. The first-order chi connectivity index (χ1) is 11.6. The van der Waals surface area contributed by atoms with Crippen LogP contribution in [0.2, 0.25) is 0 Å². The highest BCUT2D eigenvalue weighted by Crippen LogP contribution is 2.47. The van der Waals surface area contributed by atoms with Crippen molar-refractivity contribution in [2.24, 2.45) is 22.2 Å². The van der Waals surface area contributed by atoms with E-state index >= 15 is 0 Å². The third kappa shape index (κ3) is 5.72. The second-order valence-corrected chi connectivity index (χ2v) is 8.88. The smallest absolute Gasteiger partial charge is 0.193 e. The Morgan fingerprint density at radius 2 is 2.00 bits per heavy atom. The van der Waals surface area contributed by atoms with E-state index in [4.69, 9.17) is 4.99 Å². The number of piperidine rings is 1. The van der Waals surface area contributed by atoms with Gasteiger partial charge in [-0.25, -0.2) is 0 Å². The first-order valence-corrected chi connectivity index (χ1v) is 10.4. The van der Waals surface area contributed by atoms with Crippen LogP contribution in [0.15, 0.2) is 4.99 Å². The number of nitrogens with zero attached hydrogens (tertiary/aromatic N) is 3. The zero-order valence-electron chi connectivity index (χ0n) is 16.6. The van der Waals surface area contributed by atoms with Crippen LogP contribution in [-0.4, -0.2) is 61.6 Å². The second-order valence-electron chi connectivity index (χ2n) is 8.88. The summed E-state index contributed by atoms with van der Waals surface area (Å²) in [7, 11) is 0. The second kappa shape index (κ2) is 9.77. The van der Waals surface area contributed by atoms with Gasteiger partial charge in [-0.1, -0.05) is 20.3 Å². The zero-order valence-corrected chi connectivity index (χ0v) is 18.9. The quantitative estimate of drug-likeness (QED) is 0.383. The number of aliphatic imine (C=N–C) groups is 1. The molecule has 0 amide bonds. The normalized spacial score (nSPS) is 26.6. The fraction of sp³-hybridized carbons (Fsp3) is 0.950. The van der Waals surface area contributed by atoms with Crippen LogP contribution in [0.5, 0.6) is 0 Å². The van der Waals surface area contributed by atoms with Crippen LogP contribution in [0, 0.1) is 17.3 Å². The summed E-state index contributed by atoms with van der Waals surface area (Å²) >= 11 is 0. The highest BCUT2D eigenvalue weighted by molar-refractivity contribution is 14.0. The van der Waals surface area contributed by atoms with Crippen LogP contribution in [0.1, 0.15) is 59.3 Å². The van der Waals surface area contributed by atoms with Crippen molar-refractivity contribution in [3.63, 3.8) is 0 Å². The first-order valence-electron chi connectivity index (χ1n) is 10.4. The molecule has 1 unspecified atom stereocenters. The molecule has 0 aromatic rings. The Kier molecular flexibility index (Phi) is 8.31. The third-order valence-electron chi connectivity index (χ3n) is 6.21. The molecule has 3 rings (SSSR count). The van der Waals surface area contributed by atoms with Crippen molar-refractivity contribution >= 4 is 29.9 Å². The molecule has 1 N–H and O–H groups in total. The maximum Gasteiger partial charge on any atom is 0.193 e. The van der Waals surface area contributed by atoms with Gasteiger partial charge in [0, 0.05) is 39.3 Å². The van der Waals surface area contributed by atoms with Crippen molar-refractivity contribution in [3.05, 3.63) is 0 Å². The lowest BCUT2D eigenvalue weighted by Crippen LogP contribution is -2.43. The van der Waals surface area contributed by atoms with E-state index < -0.39 is 0 Å². The molecule has 1 aliphatic carbocycles. The summed E-state index contributed by atoms with van der Waals surface area (Å²) in [6, 6.07) is 0. The summed E-state index contributed by atoms with van der Waals surface area (Å²) < 4.78 is 0. The van der Waals surface area contributed by atoms with Crippen LogP contribution in [0.3, 0.4) is 0 Å². The van der Waals surface area contributed by atoms with Gasteiger partial charge >= 0.3 is 0 Å². The average Bonchev–Trinajstić information content (AvgIpc) is 2.97. The molecule has 3 aliphatic rings. The molecular formula is C20H39IN4. The number of nitrogens with one attached hydrogen (secondary N) is 1. The number of halogens is 1. The minimum Gasteiger partial charge on any atom is -0.357 e. The van der Waals surface area contributed by atoms with Crippen molar-refractivity contribution in [1.29, 1.82) is 0 Å². The van der Waals surface area contributed by atoms with Crippen LogP contribution >= 0.6 is 24.0 Å². The summed E-state index contributed by atoms with van der Waals surface area (Å²) in [5.74, 6) is 2.70. The number of hydrogen-bond acceptors (Lipinski definition) is 2. The Balaban J connectivity index is 0.00000225. The van der Waals surface area contributed by atoms with Gasteiger partial charge in [-0.2, -0.15) is 0 Å². The average molecular weight is 462 g/mol.